The van der Waals surface area contributed by atoms with Crippen LogP contribution in [0, 0.1) is 0 Å². The minimum atomic E-state index is -0.0756. The van der Waals surface area contributed by atoms with Crippen LogP contribution < -0.4 is 35.3 Å². The van der Waals surface area contributed by atoms with Crippen LogP contribution in [0.1, 0.15) is 6.99 Å². The molecule has 56 valence electrons. The van der Waals surface area contributed by atoms with Crippen molar-refractivity contribution >= 4 is 5.69 Å². The zero-order chi connectivity index (χ0) is 7.56. The van der Waals surface area contributed by atoms with E-state index in [2.05, 4.69) is 0 Å². The Bertz CT molecular complexity index is 245. The van der Waals surface area contributed by atoms with Crippen molar-refractivity contribution in [3.63, 3.8) is 0 Å². The summed E-state index contributed by atoms with van der Waals surface area (Å²) in [7, 11) is 0. The Hall–Kier alpha value is -0.220. The van der Waals surface area contributed by atoms with Gasteiger partial charge in [-0.25, -0.2) is 0 Å². The second-order valence-electron chi connectivity index (χ2n) is 2.05. The van der Waals surface area contributed by atoms with E-state index in [0.717, 1.165) is 0 Å². The van der Waals surface area contributed by atoms with E-state index < -0.39 is 0 Å². The number of aromatic hydroxyl groups is 1. The molecular formula is C7H10NNaO2. The molecule has 0 aliphatic rings. The monoisotopic (exact) mass is 163 g/mol. The summed E-state index contributed by atoms with van der Waals surface area (Å²) in [6, 6.07) is 4.66. The molecule has 0 fully saturated rings. The fourth-order valence-electron chi connectivity index (χ4n) is 0.688. The average molecular weight is 163 g/mol. The van der Waals surface area contributed by atoms with E-state index in [4.69, 9.17) is 15.9 Å². The van der Waals surface area contributed by atoms with E-state index in [1.807, 2.05) is 0 Å². The molecule has 1 aromatic carbocycles. The van der Waals surface area contributed by atoms with Gasteiger partial charge >= 0.3 is 29.6 Å². The molecule has 0 saturated carbocycles. The quantitative estimate of drug-likeness (QED) is 0.245. The minimum Gasteiger partial charge on any atom is -1.00 e. The summed E-state index contributed by atoms with van der Waals surface area (Å²) in [6.07, 6.45) is 0. The number of phenolic OH excluding ortho intramolecular Hbond substituents is 1. The minimum absolute atomic E-state index is 0. The van der Waals surface area contributed by atoms with Crippen LogP contribution in [-0.2, 0) is 6.61 Å². The Kier molecular flexibility index (Phi) is 4.52. The van der Waals surface area contributed by atoms with Crippen molar-refractivity contribution in [2.24, 2.45) is 0 Å². The third-order valence-corrected chi connectivity index (χ3v) is 1.28. The first-order valence-corrected chi connectivity index (χ1v) is 2.92. The number of hydrogen-bond donors (Lipinski definition) is 3. The van der Waals surface area contributed by atoms with Gasteiger partial charge in [-0.15, -0.1) is 0 Å². The zero-order valence-electron chi connectivity index (χ0n) is 7.41. The van der Waals surface area contributed by atoms with Gasteiger partial charge in [0.1, 0.15) is 5.75 Å². The van der Waals surface area contributed by atoms with Crippen LogP contribution in [0.15, 0.2) is 18.2 Å². The second kappa shape index (κ2) is 4.62. The van der Waals surface area contributed by atoms with Gasteiger partial charge in [0, 0.05) is 0 Å². The van der Waals surface area contributed by atoms with E-state index in [-0.39, 0.29) is 43.3 Å². The Morgan fingerprint density at radius 3 is 2.55 bits per heavy atom. The molecule has 3 nitrogen and oxygen atoms in total. The Morgan fingerprint density at radius 2 is 2.09 bits per heavy atom. The summed E-state index contributed by atoms with van der Waals surface area (Å²) in [5.41, 5.74) is 6.30. The summed E-state index contributed by atoms with van der Waals surface area (Å²) in [6.45, 7) is -0.0756. The molecule has 0 saturated heterocycles. The van der Waals surface area contributed by atoms with Crippen LogP contribution in [-0.4, -0.2) is 10.2 Å². The summed E-state index contributed by atoms with van der Waals surface area (Å²) in [5, 5.41) is 17.6. The molecule has 0 unspecified atom stereocenters. The number of anilines is 1. The largest absolute Gasteiger partial charge is 1.00 e. The van der Waals surface area contributed by atoms with Crippen molar-refractivity contribution in [2.45, 2.75) is 6.61 Å². The average Bonchev–Trinajstić information content (AvgIpc) is 1.95. The number of aliphatic hydroxyl groups excluding tert-OH is 1. The molecule has 0 heterocycles. The first-order chi connectivity index (χ1) is 4.74. The van der Waals surface area contributed by atoms with Gasteiger partial charge in [-0.2, -0.15) is 0 Å². The Morgan fingerprint density at radius 1 is 1.45 bits per heavy atom. The van der Waals surface area contributed by atoms with E-state index in [1.165, 1.54) is 6.07 Å². The second-order valence-corrected chi connectivity index (χ2v) is 2.05. The maximum absolute atomic E-state index is 9.00. The summed E-state index contributed by atoms with van der Waals surface area (Å²) in [5.74, 6) is 0.0200. The van der Waals surface area contributed by atoms with Gasteiger partial charge < -0.3 is 17.4 Å². The first kappa shape index (κ1) is 10.8. The molecule has 1 aromatic rings. The normalized spacial score (nSPS) is 8.82. The number of rotatable bonds is 1. The molecule has 0 amide bonds. The van der Waals surface area contributed by atoms with Crippen LogP contribution in [0.4, 0.5) is 5.69 Å². The van der Waals surface area contributed by atoms with Gasteiger partial charge in [-0.05, 0) is 17.7 Å². The van der Waals surface area contributed by atoms with Crippen LogP contribution in [0.5, 0.6) is 5.75 Å². The fraction of sp³-hybridized carbons (Fsp3) is 0.143. The summed E-state index contributed by atoms with van der Waals surface area (Å²) >= 11 is 0. The Balaban J connectivity index is 0. The maximum atomic E-state index is 9.00. The van der Waals surface area contributed by atoms with Crippen LogP contribution in [0.25, 0.3) is 0 Å². The molecule has 1 rings (SSSR count). The van der Waals surface area contributed by atoms with Crippen LogP contribution in [0.3, 0.4) is 0 Å². The molecule has 0 spiro atoms. The predicted octanol–water partition coefficient (Wildman–Crippen LogP) is -2.42. The molecule has 0 aliphatic carbocycles. The van der Waals surface area contributed by atoms with Gasteiger partial charge in [0.25, 0.3) is 0 Å². The zero-order valence-corrected chi connectivity index (χ0v) is 8.41. The molecule has 4 N–H and O–H groups in total. The SMILES string of the molecule is Nc1ccc(CO)cc1O.[H-].[Na+]. The molecule has 4 heteroatoms. The van der Waals surface area contributed by atoms with E-state index >= 15 is 0 Å². The number of aliphatic hydroxyl groups is 1. The number of phenols is 1. The topological polar surface area (TPSA) is 66.5 Å². The van der Waals surface area contributed by atoms with E-state index in [0.29, 0.717) is 11.3 Å². The van der Waals surface area contributed by atoms with Gasteiger partial charge in [0.2, 0.25) is 0 Å². The number of nitrogens with two attached hydrogens (primary N) is 1. The van der Waals surface area contributed by atoms with Crippen molar-refractivity contribution in [2.75, 3.05) is 5.73 Å². The van der Waals surface area contributed by atoms with Gasteiger partial charge in [0.15, 0.2) is 0 Å². The fourth-order valence-corrected chi connectivity index (χ4v) is 0.688. The molecule has 0 bridgehead atoms. The molecule has 0 radical (unpaired) electrons. The summed E-state index contributed by atoms with van der Waals surface area (Å²) < 4.78 is 0. The number of benzene rings is 1. The summed E-state index contributed by atoms with van der Waals surface area (Å²) in [4.78, 5) is 0. The van der Waals surface area contributed by atoms with Crippen LogP contribution >= 0.6 is 0 Å². The molecule has 0 aliphatic heterocycles. The van der Waals surface area contributed by atoms with Gasteiger partial charge in [-0.1, -0.05) is 6.07 Å². The standard InChI is InChI=1S/C7H9NO2.Na.H/c8-6-2-1-5(4-9)3-7(6)10;;/h1-3,9-10H,4,8H2;;/q;+1;-1. The number of nitrogen functional groups attached to an aromatic ring is 1. The molecule has 11 heavy (non-hydrogen) atoms. The third-order valence-electron chi connectivity index (χ3n) is 1.28. The predicted molar refractivity (Wildman–Crippen MR) is 39.6 cm³/mol. The number of hydrogen-bond acceptors (Lipinski definition) is 3. The third kappa shape index (κ3) is 2.71. The molecular weight excluding hydrogens is 153 g/mol. The van der Waals surface area contributed by atoms with Gasteiger partial charge in [-0.3, -0.25) is 0 Å². The van der Waals surface area contributed by atoms with E-state index in [9.17, 15) is 0 Å². The van der Waals surface area contributed by atoms with Crippen molar-refractivity contribution in [3.8, 4) is 5.75 Å². The van der Waals surface area contributed by atoms with Crippen molar-refractivity contribution in [1.82, 2.24) is 0 Å². The van der Waals surface area contributed by atoms with Crippen molar-refractivity contribution < 1.29 is 41.2 Å². The van der Waals surface area contributed by atoms with Crippen molar-refractivity contribution in [3.05, 3.63) is 23.8 Å². The van der Waals surface area contributed by atoms with Gasteiger partial charge in [0.05, 0.1) is 12.3 Å². The first-order valence-electron chi connectivity index (χ1n) is 2.92. The van der Waals surface area contributed by atoms with E-state index in [1.54, 1.807) is 12.1 Å². The van der Waals surface area contributed by atoms with Crippen molar-refractivity contribution in [1.29, 1.82) is 0 Å². The van der Waals surface area contributed by atoms with Crippen LogP contribution in [0.2, 0.25) is 0 Å². The maximum Gasteiger partial charge on any atom is 1.00 e. The molecule has 0 atom stereocenters. The molecule has 0 aromatic heterocycles. The smallest absolute Gasteiger partial charge is 1.00 e. The Labute approximate surface area is 88.6 Å².